The monoisotopic (exact) mass is 454 g/mol. The maximum Gasteiger partial charge on any atom is 0.310 e. The Hall–Kier alpha value is -1.12. The fourth-order valence-corrected chi connectivity index (χ4v) is 10.7. The minimum absolute atomic E-state index is 0.0600. The van der Waals surface area contributed by atoms with Crippen molar-refractivity contribution in [3.05, 3.63) is 11.6 Å². The standard InChI is InChI=1S/C30H46O3/c1-18-10-15-30(25(32)33)17-16-28(6)20(24(30)19(18)2)8-9-22-27(5)13-12-23(31)26(3,4)21(27)11-14-29(22,28)7/h8,18-19,21-22,24H,9-17H2,1-7H3,(H,32,33)/t18?,19?,21-,22+,24-,27+,28-,29-,30+/m1/s1. The second-order valence-corrected chi connectivity index (χ2v) is 14.3. The summed E-state index contributed by atoms with van der Waals surface area (Å²) in [5.41, 5.74) is 1.12. The number of fused-ring (bicyclic) bond motifs is 7. The fraction of sp³-hybridized carbons (Fsp3) is 0.867. The Bertz CT molecular complexity index is 916. The predicted molar refractivity (Wildman–Crippen MR) is 132 cm³/mol. The quantitative estimate of drug-likeness (QED) is 0.423. The van der Waals surface area contributed by atoms with E-state index < -0.39 is 11.4 Å². The molecular weight excluding hydrogens is 408 g/mol. The first-order valence-electron chi connectivity index (χ1n) is 13.7. The summed E-state index contributed by atoms with van der Waals surface area (Å²) in [7, 11) is 0. The number of aliphatic carboxylic acids is 1. The Morgan fingerprint density at radius 3 is 2.30 bits per heavy atom. The van der Waals surface area contributed by atoms with Crippen LogP contribution in [-0.4, -0.2) is 16.9 Å². The van der Waals surface area contributed by atoms with Crippen molar-refractivity contribution in [1.82, 2.24) is 0 Å². The van der Waals surface area contributed by atoms with Gasteiger partial charge in [0, 0.05) is 11.8 Å². The van der Waals surface area contributed by atoms with Crippen LogP contribution in [0.15, 0.2) is 11.6 Å². The summed E-state index contributed by atoms with van der Waals surface area (Å²) in [6.07, 6.45) is 11.3. The Labute approximate surface area is 201 Å². The van der Waals surface area contributed by atoms with E-state index in [4.69, 9.17) is 0 Å². The van der Waals surface area contributed by atoms with Gasteiger partial charge in [-0.25, -0.2) is 0 Å². The molecule has 5 aliphatic rings. The van der Waals surface area contributed by atoms with Crippen LogP contribution in [0, 0.1) is 56.7 Å². The van der Waals surface area contributed by atoms with Gasteiger partial charge < -0.3 is 5.11 Å². The van der Waals surface area contributed by atoms with Gasteiger partial charge in [-0.1, -0.05) is 60.1 Å². The summed E-state index contributed by atoms with van der Waals surface area (Å²) in [6, 6.07) is 0. The molecule has 0 bridgehead atoms. The number of allylic oxidation sites excluding steroid dienone is 2. The van der Waals surface area contributed by atoms with Crippen molar-refractivity contribution >= 4 is 11.8 Å². The predicted octanol–water partition coefficient (Wildman–Crippen LogP) is 7.30. The summed E-state index contributed by atoms with van der Waals surface area (Å²) in [4.78, 5) is 25.7. The molecule has 0 aromatic rings. The van der Waals surface area contributed by atoms with Crippen LogP contribution in [0.5, 0.6) is 0 Å². The molecule has 0 spiro atoms. The number of carboxylic acid groups (broad SMARTS) is 1. The van der Waals surface area contributed by atoms with Gasteiger partial charge in [0.15, 0.2) is 0 Å². The molecule has 0 aromatic carbocycles. The van der Waals surface area contributed by atoms with Crippen molar-refractivity contribution in [3.63, 3.8) is 0 Å². The number of ketones is 1. The lowest BCUT2D eigenvalue weighted by atomic mass is 9.33. The van der Waals surface area contributed by atoms with Crippen LogP contribution in [0.2, 0.25) is 0 Å². The van der Waals surface area contributed by atoms with Crippen LogP contribution in [0.4, 0.5) is 0 Å². The lowest BCUT2D eigenvalue weighted by Gasteiger charge is -2.70. The second-order valence-electron chi connectivity index (χ2n) is 14.3. The van der Waals surface area contributed by atoms with E-state index in [1.165, 1.54) is 12.0 Å². The van der Waals surface area contributed by atoms with E-state index in [2.05, 4.69) is 54.5 Å². The van der Waals surface area contributed by atoms with E-state index in [1.807, 2.05) is 0 Å². The molecule has 184 valence electrons. The Morgan fingerprint density at radius 2 is 1.64 bits per heavy atom. The Balaban J connectivity index is 1.62. The van der Waals surface area contributed by atoms with Gasteiger partial charge in [-0.3, -0.25) is 9.59 Å². The van der Waals surface area contributed by atoms with Crippen LogP contribution in [0.25, 0.3) is 0 Å². The Kier molecular flexibility index (Phi) is 4.99. The highest BCUT2D eigenvalue weighted by Crippen LogP contribution is 2.75. The lowest BCUT2D eigenvalue weighted by molar-refractivity contribution is -0.190. The van der Waals surface area contributed by atoms with E-state index in [0.717, 1.165) is 51.4 Å². The molecule has 0 amide bonds. The molecule has 3 heteroatoms. The highest BCUT2D eigenvalue weighted by atomic mass is 16.4. The Morgan fingerprint density at radius 1 is 0.939 bits per heavy atom. The molecule has 2 unspecified atom stereocenters. The molecule has 9 atom stereocenters. The van der Waals surface area contributed by atoms with Crippen LogP contribution in [0.1, 0.15) is 106 Å². The molecule has 0 saturated heterocycles. The smallest absolute Gasteiger partial charge is 0.310 e. The van der Waals surface area contributed by atoms with Gasteiger partial charge in [-0.15, -0.1) is 0 Å². The number of hydrogen-bond acceptors (Lipinski definition) is 2. The summed E-state index contributed by atoms with van der Waals surface area (Å²) < 4.78 is 0. The van der Waals surface area contributed by atoms with Crippen LogP contribution in [-0.2, 0) is 9.59 Å². The first kappa shape index (κ1) is 23.6. The normalized spacial score (nSPS) is 53.1. The number of hydrogen-bond donors (Lipinski definition) is 1. The van der Waals surface area contributed by atoms with E-state index in [9.17, 15) is 14.7 Å². The fourth-order valence-electron chi connectivity index (χ4n) is 10.7. The van der Waals surface area contributed by atoms with Crippen LogP contribution >= 0.6 is 0 Å². The number of carboxylic acids is 1. The van der Waals surface area contributed by atoms with Gasteiger partial charge in [-0.05, 0) is 97.2 Å². The largest absolute Gasteiger partial charge is 0.481 e. The molecule has 1 N–H and O–H groups in total. The first-order chi connectivity index (χ1) is 15.3. The van der Waals surface area contributed by atoms with Crippen molar-refractivity contribution in [2.75, 3.05) is 0 Å². The molecular formula is C30H46O3. The minimum atomic E-state index is -0.569. The molecule has 0 radical (unpaired) electrons. The highest BCUT2D eigenvalue weighted by Gasteiger charge is 2.69. The molecule has 5 aliphatic carbocycles. The maximum absolute atomic E-state index is 12.9. The SMILES string of the molecule is CC1CC[C@]2(C(=O)O)CC[C@]3(C)C(=CC[C@H]4[C@@]5(C)CCC(=O)C(C)(C)[C@H]5CC[C@]43C)[C@H]2C1C. The van der Waals surface area contributed by atoms with Crippen molar-refractivity contribution in [2.45, 2.75) is 106 Å². The van der Waals surface area contributed by atoms with Gasteiger partial charge in [0.2, 0.25) is 0 Å². The molecule has 4 saturated carbocycles. The zero-order valence-corrected chi connectivity index (χ0v) is 22.1. The van der Waals surface area contributed by atoms with Gasteiger partial charge in [-0.2, -0.15) is 0 Å². The summed E-state index contributed by atoms with van der Waals surface area (Å²) in [5, 5.41) is 10.5. The van der Waals surface area contributed by atoms with Gasteiger partial charge >= 0.3 is 5.97 Å². The van der Waals surface area contributed by atoms with E-state index in [-0.39, 0.29) is 27.6 Å². The zero-order chi connectivity index (χ0) is 24.2. The summed E-state index contributed by atoms with van der Waals surface area (Å²) >= 11 is 0. The van der Waals surface area contributed by atoms with Gasteiger partial charge in [0.05, 0.1) is 5.41 Å². The second kappa shape index (κ2) is 6.97. The highest BCUT2D eigenvalue weighted by molar-refractivity contribution is 5.85. The maximum atomic E-state index is 12.9. The summed E-state index contributed by atoms with van der Waals surface area (Å²) in [5.74, 6) is 2.10. The van der Waals surface area contributed by atoms with Gasteiger partial charge in [0.1, 0.15) is 5.78 Å². The third-order valence-electron chi connectivity index (χ3n) is 13.2. The molecule has 4 fully saturated rings. The average Bonchev–Trinajstić information content (AvgIpc) is 2.74. The van der Waals surface area contributed by atoms with E-state index in [0.29, 0.717) is 29.5 Å². The molecule has 5 rings (SSSR count). The molecule has 33 heavy (non-hydrogen) atoms. The minimum Gasteiger partial charge on any atom is -0.481 e. The number of Topliss-reactive ketones (excluding diaryl/α,β-unsaturated/α-hetero) is 1. The number of carbonyl (C=O) groups excluding carboxylic acids is 1. The third-order valence-corrected chi connectivity index (χ3v) is 13.2. The molecule has 0 aromatic heterocycles. The average molecular weight is 455 g/mol. The number of carbonyl (C=O) groups is 2. The van der Waals surface area contributed by atoms with E-state index >= 15 is 0 Å². The van der Waals surface area contributed by atoms with Crippen LogP contribution in [0.3, 0.4) is 0 Å². The molecule has 3 nitrogen and oxygen atoms in total. The lowest BCUT2D eigenvalue weighted by Crippen LogP contribution is -2.65. The molecule has 0 aliphatic heterocycles. The topological polar surface area (TPSA) is 54.4 Å². The number of rotatable bonds is 1. The zero-order valence-electron chi connectivity index (χ0n) is 22.1. The first-order valence-corrected chi connectivity index (χ1v) is 13.7. The summed E-state index contributed by atoms with van der Waals surface area (Å²) in [6.45, 7) is 16.7. The van der Waals surface area contributed by atoms with Crippen molar-refractivity contribution < 1.29 is 14.7 Å². The van der Waals surface area contributed by atoms with Crippen molar-refractivity contribution in [3.8, 4) is 0 Å². The van der Waals surface area contributed by atoms with Crippen molar-refractivity contribution in [1.29, 1.82) is 0 Å². The van der Waals surface area contributed by atoms with Gasteiger partial charge in [0.25, 0.3) is 0 Å². The molecule has 0 heterocycles. The van der Waals surface area contributed by atoms with Crippen LogP contribution < -0.4 is 0 Å². The van der Waals surface area contributed by atoms with E-state index in [1.54, 1.807) is 0 Å². The van der Waals surface area contributed by atoms with Crippen molar-refractivity contribution in [2.24, 2.45) is 56.7 Å². The third kappa shape index (κ3) is 2.69.